The molecule has 0 radical (unpaired) electrons. The quantitative estimate of drug-likeness (QED) is 0.466. The van der Waals surface area contributed by atoms with E-state index in [0.29, 0.717) is 32.4 Å². The van der Waals surface area contributed by atoms with Crippen molar-refractivity contribution >= 4 is 28.9 Å². The van der Waals surface area contributed by atoms with Crippen molar-refractivity contribution < 1.29 is 9.66 Å². The smallest absolute Gasteiger partial charge is 0.269 e. The van der Waals surface area contributed by atoms with Crippen molar-refractivity contribution in [3.05, 3.63) is 85.2 Å². The number of H-pyrrole nitrogens is 1. The van der Waals surface area contributed by atoms with Crippen LogP contribution < -0.4 is 10.5 Å². The number of hydrogen-bond donors (Lipinski definition) is 2. The second-order valence-corrected chi connectivity index (χ2v) is 7.03. The fraction of sp³-hybridized carbons (Fsp3) is 0.0526. The van der Waals surface area contributed by atoms with E-state index in [9.17, 15) is 15.4 Å². The molecule has 1 aromatic heterocycles. The Morgan fingerprint density at radius 2 is 1.93 bits per heavy atom. The van der Waals surface area contributed by atoms with E-state index >= 15 is 0 Å². The summed E-state index contributed by atoms with van der Waals surface area (Å²) in [6.07, 6.45) is 0. The Bertz CT molecular complexity index is 1210. The number of aromatic amines is 1. The summed E-state index contributed by atoms with van der Waals surface area (Å²) in [5.41, 5.74) is 8.50. The van der Waals surface area contributed by atoms with Gasteiger partial charge in [-0.3, -0.25) is 15.2 Å². The van der Waals surface area contributed by atoms with Gasteiger partial charge in [0.2, 0.25) is 11.8 Å². The number of nitro groups is 1. The van der Waals surface area contributed by atoms with E-state index in [1.54, 1.807) is 30.3 Å². The molecular weight excluding hydrogens is 417 g/mol. The second kappa shape index (κ2) is 7.13. The summed E-state index contributed by atoms with van der Waals surface area (Å²) in [5, 5.41) is 28.5. The molecule has 8 nitrogen and oxygen atoms in total. The first kappa shape index (κ1) is 18.8. The molecule has 1 aliphatic rings. The SMILES string of the molecule is N#CC1=C(N)Oc2n[nH]c(-c3ccc(Cl)c(Cl)c3)c2C1c1ccc([N+](=O)[O-])cc1. The molecule has 0 saturated carbocycles. The molecule has 0 aliphatic carbocycles. The molecule has 3 aromatic rings. The van der Waals surface area contributed by atoms with E-state index in [4.69, 9.17) is 33.7 Å². The number of nitrogens with two attached hydrogens (primary N) is 1. The Morgan fingerprint density at radius 3 is 2.55 bits per heavy atom. The van der Waals surface area contributed by atoms with Crippen LogP contribution in [0.2, 0.25) is 10.0 Å². The summed E-state index contributed by atoms with van der Waals surface area (Å²) >= 11 is 12.2. The number of fused-ring (bicyclic) bond motifs is 1. The normalized spacial score (nSPS) is 15.4. The molecule has 144 valence electrons. The Labute approximate surface area is 174 Å². The summed E-state index contributed by atoms with van der Waals surface area (Å²) in [6, 6.07) is 13.0. The Hall–Kier alpha value is -3.54. The number of nitrogens with zero attached hydrogens (tertiary/aromatic N) is 3. The number of rotatable bonds is 3. The van der Waals surface area contributed by atoms with Gasteiger partial charge < -0.3 is 10.5 Å². The minimum atomic E-state index is -0.632. The number of benzene rings is 2. The molecule has 4 rings (SSSR count). The number of nitriles is 1. The van der Waals surface area contributed by atoms with Crippen molar-refractivity contribution in [3.63, 3.8) is 0 Å². The van der Waals surface area contributed by atoms with Crippen molar-refractivity contribution in [2.24, 2.45) is 5.73 Å². The zero-order chi connectivity index (χ0) is 20.7. The van der Waals surface area contributed by atoms with Crippen LogP contribution in [0, 0.1) is 21.4 Å². The highest BCUT2D eigenvalue weighted by Gasteiger charge is 2.35. The van der Waals surface area contributed by atoms with Gasteiger partial charge in [0, 0.05) is 17.7 Å². The highest BCUT2D eigenvalue weighted by Crippen LogP contribution is 2.46. The molecule has 0 amide bonds. The average Bonchev–Trinajstić information content (AvgIpc) is 3.12. The summed E-state index contributed by atoms with van der Waals surface area (Å²) in [5.74, 6) is -0.491. The number of non-ortho nitro benzene ring substituents is 1. The topological polar surface area (TPSA) is 131 Å². The highest BCUT2D eigenvalue weighted by molar-refractivity contribution is 6.42. The Kier molecular flexibility index (Phi) is 4.62. The van der Waals surface area contributed by atoms with Crippen LogP contribution in [0.1, 0.15) is 17.0 Å². The molecule has 10 heteroatoms. The number of halogens is 2. The van der Waals surface area contributed by atoms with Crippen LogP contribution in [0.4, 0.5) is 5.69 Å². The highest BCUT2D eigenvalue weighted by atomic mass is 35.5. The summed E-state index contributed by atoms with van der Waals surface area (Å²) in [7, 11) is 0. The van der Waals surface area contributed by atoms with Gasteiger partial charge in [-0.1, -0.05) is 41.4 Å². The molecule has 1 aliphatic heterocycles. The maximum absolute atomic E-state index is 11.0. The average molecular weight is 428 g/mol. The van der Waals surface area contributed by atoms with Crippen LogP contribution in [-0.4, -0.2) is 15.1 Å². The van der Waals surface area contributed by atoms with Gasteiger partial charge in [0.05, 0.1) is 32.1 Å². The van der Waals surface area contributed by atoms with Crippen LogP contribution in [0.3, 0.4) is 0 Å². The lowest BCUT2D eigenvalue weighted by Crippen LogP contribution is -2.21. The van der Waals surface area contributed by atoms with Crippen molar-refractivity contribution in [1.29, 1.82) is 5.26 Å². The van der Waals surface area contributed by atoms with Gasteiger partial charge in [0.15, 0.2) is 0 Å². The van der Waals surface area contributed by atoms with Crippen LogP contribution in [0.15, 0.2) is 53.9 Å². The zero-order valence-electron chi connectivity index (χ0n) is 14.5. The predicted molar refractivity (Wildman–Crippen MR) is 106 cm³/mol. The molecule has 0 spiro atoms. The fourth-order valence-corrected chi connectivity index (χ4v) is 3.54. The lowest BCUT2D eigenvalue weighted by molar-refractivity contribution is -0.384. The molecule has 29 heavy (non-hydrogen) atoms. The van der Waals surface area contributed by atoms with E-state index in [2.05, 4.69) is 16.3 Å². The van der Waals surface area contributed by atoms with Gasteiger partial charge in [-0.2, -0.15) is 5.26 Å². The minimum absolute atomic E-state index is 0.0617. The Balaban J connectivity index is 1.91. The van der Waals surface area contributed by atoms with Crippen LogP contribution in [-0.2, 0) is 0 Å². The predicted octanol–water partition coefficient (Wildman–Crippen LogP) is 4.51. The van der Waals surface area contributed by atoms with Gasteiger partial charge in [0.1, 0.15) is 11.6 Å². The van der Waals surface area contributed by atoms with E-state index < -0.39 is 10.8 Å². The van der Waals surface area contributed by atoms with E-state index in [1.807, 2.05) is 0 Å². The van der Waals surface area contributed by atoms with Crippen molar-refractivity contribution in [2.75, 3.05) is 0 Å². The molecule has 1 unspecified atom stereocenters. The molecule has 1 atom stereocenters. The monoisotopic (exact) mass is 427 g/mol. The fourth-order valence-electron chi connectivity index (χ4n) is 3.24. The number of ether oxygens (including phenoxy) is 1. The first-order chi connectivity index (χ1) is 13.9. The van der Waals surface area contributed by atoms with Crippen LogP contribution in [0.25, 0.3) is 11.3 Å². The third-order valence-corrected chi connectivity index (χ3v) is 5.32. The number of allylic oxidation sites excluding steroid dienone is 1. The maximum Gasteiger partial charge on any atom is 0.269 e. The standard InChI is InChI=1S/C19H11Cl2N5O3/c20-13-6-3-10(7-14(13)21)17-16-15(9-1-4-11(5-2-9)26(27)28)12(8-22)18(23)29-19(16)25-24-17/h1-7,15H,23H2,(H,24,25). The van der Waals surface area contributed by atoms with E-state index in [0.717, 1.165) is 0 Å². The molecular formula is C19H11Cl2N5O3. The molecule has 0 saturated heterocycles. The zero-order valence-corrected chi connectivity index (χ0v) is 16.0. The van der Waals surface area contributed by atoms with Crippen molar-refractivity contribution in [1.82, 2.24) is 10.2 Å². The van der Waals surface area contributed by atoms with Crippen LogP contribution in [0.5, 0.6) is 5.88 Å². The molecule has 0 fully saturated rings. The van der Waals surface area contributed by atoms with Gasteiger partial charge >= 0.3 is 0 Å². The van der Waals surface area contributed by atoms with Crippen LogP contribution >= 0.6 is 23.2 Å². The van der Waals surface area contributed by atoms with E-state index in [1.165, 1.54) is 12.1 Å². The van der Waals surface area contributed by atoms with Gasteiger partial charge in [-0.25, -0.2) is 0 Å². The largest absolute Gasteiger partial charge is 0.420 e. The lowest BCUT2D eigenvalue weighted by atomic mass is 9.83. The lowest BCUT2D eigenvalue weighted by Gasteiger charge is -2.24. The summed E-state index contributed by atoms with van der Waals surface area (Å²) < 4.78 is 5.53. The van der Waals surface area contributed by atoms with Gasteiger partial charge in [-0.15, -0.1) is 5.10 Å². The maximum atomic E-state index is 11.0. The number of aromatic nitrogens is 2. The van der Waals surface area contributed by atoms with Gasteiger partial charge in [0.25, 0.3) is 5.69 Å². The first-order valence-electron chi connectivity index (χ1n) is 8.26. The molecule has 2 heterocycles. The first-order valence-corrected chi connectivity index (χ1v) is 9.02. The number of hydrogen-bond acceptors (Lipinski definition) is 6. The van der Waals surface area contributed by atoms with Crippen molar-refractivity contribution in [2.45, 2.75) is 5.92 Å². The Morgan fingerprint density at radius 1 is 1.21 bits per heavy atom. The molecule has 2 aromatic carbocycles. The second-order valence-electron chi connectivity index (χ2n) is 6.22. The number of nitro benzene ring substituents is 1. The minimum Gasteiger partial charge on any atom is -0.420 e. The van der Waals surface area contributed by atoms with Gasteiger partial charge in [-0.05, 0) is 17.7 Å². The summed E-state index contributed by atoms with van der Waals surface area (Å²) in [6.45, 7) is 0. The summed E-state index contributed by atoms with van der Waals surface area (Å²) in [4.78, 5) is 10.5. The third kappa shape index (κ3) is 3.16. The van der Waals surface area contributed by atoms with E-state index in [-0.39, 0.29) is 23.0 Å². The number of nitrogens with one attached hydrogen (secondary N) is 1. The molecule has 3 N–H and O–H groups in total. The third-order valence-electron chi connectivity index (χ3n) is 4.58. The molecule has 0 bridgehead atoms. The van der Waals surface area contributed by atoms with Crippen molar-refractivity contribution in [3.8, 4) is 23.2 Å².